The quantitative estimate of drug-likeness (QED) is 0.832. The van der Waals surface area contributed by atoms with E-state index in [0.717, 1.165) is 15.1 Å². The first kappa shape index (κ1) is 11.0. The highest BCUT2D eigenvalue weighted by Gasteiger charge is 2.27. The molecule has 1 aromatic carbocycles. The van der Waals surface area contributed by atoms with Gasteiger partial charge in [-0.2, -0.15) is 0 Å². The monoisotopic (exact) mass is 286 g/mol. The Bertz CT molecular complexity index is 422. The van der Waals surface area contributed by atoms with E-state index in [0.29, 0.717) is 6.54 Å². The Morgan fingerprint density at radius 1 is 1.60 bits per heavy atom. The minimum Gasteiger partial charge on any atom is -0.329 e. The summed E-state index contributed by atoms with van der Waals surface area (Å²) in [6.07, 6.45) is 0. The van der Waals surface area contributed by atoms with Crippen LogP contribution in [-0.4, -0.2) is 17.7 Å². The number of rotatable bonds is 1. The summed E-state index contributed by atoms with van der Waals surface area (Å²) < 4.78 is 0.925. The van der Waals surface area contributed by atoms with Gasteiger partial charge in [-0.3, -0.25) is 4.79 Å². The normalized spacial score (nSPS) is 19.7. The van der Waals surface area contributed by atoms with Gasteiger partial charge in [0.2, 0.25) is 5.91 Å². The SMILES string of the molecule is Cc1cc(Br)c2c(c1)SC(CN)C(=O)N2. The molecule has 1 aliphatic heterocycles. The number of fused-ring (bicyclic) bond motifs is 1. The summed E-state index contributed by atoms with van der Waals surface area (Å²) in [5.74, 6) is -0.0143. The molecule has 0 aromatic heterocycles. The number of amides is 1. The number of nitrogens with one attached hydrogen (secondary N) is 1. The van der Waals surface area contributed by atoms with Crippen LogP contribution in [0.4, 0.5) is 5.69 Å². The Balaban J connectivity index is 2.45. The molecular formula is C10H11BrN2OS. The third-order valence-corrected chi connectivity index (χ3v) is 4.11. The number of benzene rings is 1. The van der Waals surface area contributed by atoms with E-state index in [2.05, 4.69) is 27.3 Å². The fraction of sp³-hybridized carbons (Fsp3) is 0.300. The van der Waals surface area contributed by atoms with Gasteiger partial charge >= 0.3 is 0 Å². The fourth-order valence-corrected chi connectivity index (χ4v) is 3.40. The second-order valence-corrected chi connectivity index (χ2v) is 5.55. The molecular weight excluding hydrogens is 276 g/mol. The van der Waals surface area contributed by atoms with Gasteiger partial charge in [-0.1, -0.05) is 0 Å². The number of hydrogen-bond donors (Lipinski definition) is 2. The number of carbonyl (C=O) groups is 1. The molecule has 80 valence electrons. The average molecular weight is 287 g/mol. The lowest BCUT2D eigenvalue weighted by Gasteiger charge is -2.24. The average Bonchev–Trinajstić information content (AvgIpc) is 2.18. The molecule has 0 aliphatic carbocycles. The maximum atomic E-state index is 11.6. The van der Waals surface area contributed by atoms with Crippen LogP contribution < -0.4 is 11.1 Å². The lowest BCUT2D eigenvalue weighted by Crippen LogP contribution is -2.34. The van der Waals surface area contributed by atoms with E-state index < -0.39 is 0 Å². The van der Waals surface area contributed by atoms with Gasteiger partial charge in [-0.15, -0.1) is 11.8 Å². The molecule has 2 rings (SSSR count). The lowest BCUT2D eigenvalue weighted by molar-refractivity contribution is -0.115. The summed E-state index contributed by atoms with van der Waals surface area (Å²) in [5.41, 5.74) is 7.56. The lowest BCUT2D eigenvalue weighted by atomic mass is 10.2. The van der Waals surface area contributed by atoms with E-state index in [4.69, 9.17) is 5.73 Å². The maximum absolute atomic E-state index is 11.6. The van der Waals surface area contributed by atoms with Crippen molar-refractivity contribution in [3.63, 3.8) is 0 Å². The van der Waals surface area contributed by atoms with Crippen molar-refractivity contribution in [3.8, 4) is 0 Å². The Morgan fingerprint density at radius 2 is 2.33 bits per heavy atom. The summed E-state index contributed by atoms with van der Waals surface area (Å²) >= 11 is 4.97. The van der Waals surface area contributed by atoms with E-state index >= 15 is 0 Å². The van der Waals surface area contributed by atoms with Crippen LogP contribution >= 0.6 is 27.7 Å². The Morgan fingerprint density at radius 3 is 3.00 bits per heavy atom. The van der Waals surface area contributed by atoms with Gasteiger partial charge in [0.15, 0.2) is 0 Å². The second-order valence-electron chi connectivity index (χ2n) is 3.45. The van der Waals surface area contributed by atoms with Crippen LogP contribution in [0.3, 0.4) is 0 Å². The standard InChI is InChI=1S/C10H11BrN2OS/c1-5-2-6(11)9-7(3-5)15-8(4-12)10(14)13-9/h2-3,8H,4,12H2,1H3,(H,13,14). The summed E-state index contributed by atoms with van der Waals surface area (Å²) in [6.45, 7) is 2.39. The smallest absolute Gasteiger partial charge is 0.239 e. The number of hydrogen-bond acceptors (Lipinski definition) is 3. The molecule has 1 aliphatic rings. The van der Waals surface area contributed by atoms with E-state index in [1.807, 2.05) is 13.0 Å². The van der Waals surface area contributed by atoms with Crippen molar-refractivity contribution in [2.45, 2.75) is 17.1 Å². The summed E-state index contributed by atoms with van der Waals surface area (Å²) in [6, 6.07) is 4.05. The maximum Gasteiger partial charge on any atom is 0.239 e. The molecule has 0 saturated heterocycles. The number of anilines is 1. The predicted octanol–water partition coefficient (Wildman–Crippen LogP) is 2.13. The highest BCUT2D eigenvalue weighted by molar-refractivity contribution is 9.10. The zero-order valence-corrected chi connectivity index (χ0v) is 10.6. The molecule has 1 heterocycles. The zero-order chi connectivity index (χ0) is 11.0. The Kier molecular flexibility index (Phi) is 3.04. The van der Waals surface area contributed by atoms with E-state index in [1.54, 1.807) is 0 Å². The van der Waals surface area contributed by atoms with Gasteiger partial charge in [0.05, 0.1) is 5.69 Å². The number of carbonyl (C=O) groups excluding carboxylic acids is 1. The predicted molar refractivity (Wildman–Crippen MR) is 66.2 cm³/mol. The van der Waals surface area contributed by atoms with Crippen molar-refractivity contribution >= 4 is 39.3 Å². The van der Waals surface area contributed by atoms with Crippen LogP contribution in [-0.2, 0) is 4.79 Å². The van der Waals surface area contributed by atoms with Gasteiger partial charge < -0.3 is 11.1 Å². The molecule has 5 heteroatoms. The van der Waals surface area contributed by atoms with Gasteiger partial charge in [0.1, 0.15) is 5.25 Å². The third kappa shape index (κ3) is 2.04. The van der Waals surface area contributed by atoms with Crippen molar-refractivity contribution in [2.75, 3.05) is 11.9 Å². The molecule has 0 saturated carbocycles. The molecule has 0 fully saturated rings. The third-order valence-electron chi connectivity index (χ3n) is 2.22. The van der Waals surface area contributed by atoms with Crippen LogP contribution in [0.25, 0.3) is 0 Å². The highest BCUT2D eigenvalue weighted by Crippen LogP contribution is 2.40. The van der Waals surface area contributed by atoms with Crippen molar-refractivity contribution in [3.05, 3.63) is 22.2 Å². The fourth-order valence-electron chi connectivity index (χ4n) is 1.49. The molecule has 15 heavy (non-hydrogen) atoms. The first-order valence-electron chi connectivity index (χ1n) is 4.59. The molecule has 0 radical (unpaired) electrons. The molecule has 1 amide bonds. The van der Waals surface area contributed by atoms with Crippen LogP contribution in [0.2, 0.25) is 0 Å². The molecule has 3 N–H and O–H groups in total. The Hall–Kier alpha value is -0.520. The highest BCUT2D eigenvalue weighted by atomic mass is 79.9. The van der Waals surface area contributed by atoms with Crippen molar-refractivity contribution in [1.29, 1.82) is 0 Å². The van der Waals surface area contributed by atoms with Crippen molar-refractivity contribution in [2.24, 2.45) is 5.73 Å². The molecule has 3 nitrogen and oxygen atoms in total. The minimum atomic E-state index is -0.175. The van der Waals surface area contributed by atoms with Gasteiger partial charge in [0.25, 0.3) is 0 Å². The van der Waals surface area contributed by atoms with Crippen LogP contribution in [0.15, 0.2) is 21.5 Å². The van der Waals surface area contributed by atoms with Gasteiger partial charge in [0, 0.05) is 15.9 Å². The number of aryl methyl sites for hydroxylation is 1. The van der Waals surface area contributed by atoms with E-state index in [9.17, 15) is 4.79 Å². The van der Waals surface area contributed by atoms with Gasteiger partial charge in [-0.05, 0) is 40.5 Å². The molecule has 1 atom stereocenters. The topological polar surface area (TPSA) is 55.1 Å². The van der Waals surface area contributed by atoms with E-state index in [-0.39, 0.29) is 11.2 Å². The summed E-state index contributed by atoms with van der Waals surface area (Å²) in [7, 11) is 0. The first-order valence-corrected chi connectivity index (χ1v) is 6.27. The number of halogens is 1. The summed E-state index contributed by atoms with van der Waals surface area (Å²) in [4.78, 5) is 12.7. The molecule has 0 bridgehead atoms. The van der Waals surface area contributed by atoms with Crippen LogP contribution in [0.1, 0.15) is 5.56 Å². The zero-order valence-electron chi connectivity index (χ0n) is 8.21. The molecule has 0 spiro atoms. The summed E-state index contributed by atoms with van der Waals surface area (Å²) in [5, 5.41) is 2.69. The minimum absolute atomic E-state index is 0.0143. The molecule has 1 aromatic rings. The van der Waals surface area contributed by atoms with E-state index in [1.165, 1.54) is 17.3 Å². The molecule has 1 unspecified atom stereocenters. The number of nitrogens with two attached hydrogens (primary N) is 1. The Labute approximate surface area is 101 Å². The van der Waals surface area contributed by atoms with Crippen LogP contribution in [0, 0.1) is 6.92 Å². The van der Waals surface area contributed by atoms with Crippen LogP contribution in [0.5, 0.6) is 0 Å². The first-order chi connectivity index (χ1) is 7.11. The van der Waals surface area contributed by atoms with Crippen molar-refractivity contribution in [1.82, 2.24) is 0 Å². The van der Waals surface area contributed by atoms with Gasteiger partial charge in [-0.25, -0.2) is 0 Å². The number of thioether (sulfide) groups is 1. The van der Waals surface area contributed by atoms with Crippen molar-refractivity contribution < 1.29 is 4.79 Å². The second kappa shape index (κ2) is 4.15. The largest absolute Gasteiger partial charge is 0.329 e.